The van der Waals surface area contributed by atoms with Gasteiger partial charge < -0.3 is 4.74 Å². The number of aromatic nitrogens is 1. The van der Waals surface area contributed by atoms with Gasteiger partial charge in [-0.05, 0) is 26.0 Å². The van der Waals surface area contributed by atoms with Gasteiger partial charge in [0.1, 0.15) is 4.90 Å². The second kappa shape index (κ2) is 4.72. The van der Waals surface area contributed by atoms with Crippen molar-refractivity contribution in [2.45, 2.75) is 31.0 Å². The highest BCUT2D eigenvalue weighted by Crippen LogP contribution is 2.22. The summed E-state index contributed by atoms with van der Waals surface area (Å²) in [5.41, 5.74) is 0. The zero-order chi connectivity index (χ0) is 12.5. The molecule has 1 aromatic heterocycles. The normalized spacial score (nSPS) is 18.3. The van der Waals surface area contributed by atoms with E-state index in [0.29, 0.717) is 13.1 Å². The van der Waals surface area contributed by atoms with E-state index in [0.717, 1.165) is 0 Å². The van der Waals surface area contributed by atoms with Crippen LogP contribution in [-0.4, -0.2) is 43.0 Å². The van der Waals surface area contributed by atoms with Crippen molar-refractivity contribution in [3.8, 4) is 0 Å². The van der Waals surface area contributed by atoms with Gasteiger partial charge >= 0.3 is 0 Å². The molecule has 1 aromatic rings. The van der Waals surface area contributed by atoms with Crippen molar-refractivity contribution in [1.82, 2.24) is 9.29 Å². The van der Waals surface area contributed by atoms with Gasteiger partial charge in [-0.2, -0.15) is 4.31 Å². The van der Waals surface area contributed by atoms with E-state index in [1.807, 2.05) is 13.8 Å². The zero-order valence-corrected chi connectivity index (χ0v) is 10.7. The summed E-state index contributed by atoms with van der Waals surface area (Å²) in [6.45, 7) is 4.74. The van der Waals surface area contributed by atoms with Crippen LogP contribution < -0.4 is 0 Å². The predicted octanol–water partition coefficient (Wildman–Crippen LogP) is 0.879. The van der Waals surface area contributed by atoms with Crippen LogP contribution in [0.1, 0.15) is 13.8 Å². The molecule has 0 bridgehead atoms. The fourth-order valence-corrected chi connectivity index (χ4v) is 3.18. The quantitative estimate of drug-likeness (QED) is 0.802. The first kappa shape index (κ1) is 12.5. The van der Waals surface area contributed by atoms with Gasteiger partial charge in [0, 0.05) is 25.5 Å². The average Bonchev–Trinajstić information content (AvgIpc) is 2.23. The fourth-order valence-electron chi connectivity index (χ4n) is 1.72. The lowest BCUT2D eigenvalue weighted by molar-refractivity contribution is -0.0519. The summed E-state index contributed by atoms with van der Waals surface area (Å²) in [7, 11) is -3.38. The van der Waals surface area contributed by atoms with E-state index in [2.05, 4.69) is 4.98 Å². The molecule has 2 rings (SSSR count). The van der Waals surface area contributed by atoms with Crippen LogP contribution in [0.2, 0.25) is 0 Å². The lowest BCUT2D eigenvalue weighted by atomic mass is 10.2. The van der Waals surface area contributed by atoms with Gasteiger partial charge in [-0.25, -0.2) is 8.42 Å². The average molecular weight is 256 g/mol. The Labute approximate surface area is 101 Å². The molecule has 0 saturated carbocycles. The van der Waals surface area contributed by atoms with Crippen molar-refractivity contribution in [3.05, 3.63) is 24.5 Å². The maximum absolute atomic E-state index is 12.1. The van der Waals surface area contributed by atoms with Gasteiger partial charge in [-0.15, -0.1) is 0 Å². The first-order valence-electron chi connectivity index (χ1n) is 5.56. The Morgan fingerprint density at radius 2 is 2.18 bits per heavy atom. The molecule has 0 unspecified atom stereocenters. The molecule has 0 aromatic carbocycles. The summed E-state index contributed by atoms with van der Waals surface area (Å²) in [5, 5.41) is 0. The van der Waals surface area contributed by atoms with Gasteiger partial charge in [0.05, 0.1) is 12.2 Å². The van der Waals surface area contributed by atoms with E-state index in [4.69, 9.17) is 4.74 Å². The first-order chi connectivity index (χ1) is 8.00. The summed E-state index contributed by atoms with van der Waals surface area (Å²) in [6.07, 6.45) is 3.07. The van der Waals surface area contributed by atoms with Gasteiger partial charge in [0.2, 0.25) is 10.0 Å². The van der Waals surface area contributed by atoms with Gasteiger partial charge in [-0.1, -0.05) is 0 Å². The molecule has 1 saturated heterocycles. The molecule has 0 radical (unpaired) electrons. The molecule has 1 fully saturated rings. The van der Waals surface area contributed by atoms with E-state index in [1.54, 1.807) is 18.3 Å². The van der Waals surface area contributed by atoms with E-state index >= 15 is 0 Å². The Kier molecular flexibility index (Phi) is 3.46. The van der Waals surface area contributed by atoms with Gasteiger partial charge in [-0.3, -0.25) is 4.98 Å². The third-order valence-corrected chi connectivity index (χ3v) is 4.37. The minimum absolute atomic E-state index is 0.0152. The van der Waals surface area contributed by atoms with Crippen molar-refractivity contribution in [2.75, 3.05) is 13.1 Å². The van der Waals surface area contributed by atoms with Crippen LogP contribution in [-0.2, 0) is 14.8 Å². The molecule has 1 aliphatic rings. The molecule has 0 N–H and O–H groups in total. The number of nitrogens with zero attached hydrogens (tertiary/aromatic N) is 2. The molecule has 0 spiro atoms. The summed E-state index contributed by atoms with van der Waals surface area (Å²) < 4.78 is 31.1. The Hall–Kier alpha value is -0.980. The minimum atomic E-state index is -3.38. The van der Waals surface area contributed by atoms with Crippen molar-refractivity contribution in [3.63, 3.8) is 0 Å². The lowest BCUT2D eigenvalue weighted by Crippen LogP contribution is -2.55. The second-order valence-electron chi connectivity index (χ2n) is 4.32. The monoisotopic (exact) mass is 256 g/mol. The summed E-state index contributed by atoms with van der Waals surface area (Å²) in [6, 6.07) is 3.17. The van der Waals surface area contributed by atoms with Crippen LogP contribution in [0.25, 0.3) is 0 Å². The predicted molar refractivity (Wildman–Crippen MR) is 63.0 cm³/mol. The molecule has 5 nitrogen and oxygen atoms in total. The van der Waals surface area contributed by atoms with Crippen LogP contribution in [0, 0.1) is 0 Å². The third kappa shape index (κ3) is 2.65. The number of rotatable bonds is 4. The Morgan fingerprint density at radius 1 is 1.47 bits per heavy atom. The van der Waals surface area contributed by atoms with E-state index in [-0.39, 0.29) is 17.1 Å². The second-order valence-corrected chi connectivity index (χ2v) is 6.26. The Morgan fingerprint density at radius 3 is 2.71 bits per heavy atom. The molecule has 1 aliphatic heterocycles. The van der Waals surface area contributed by atoms with Gasteiger partial charge in [0.15, 0.2) is 0 Å². The summed E-state index contributed by atoms with van der Waals surface area (Å²) in [5.74, 6) is 0. The maximum Gasteiger partial charge on any atom is 0.244 e. The van der Waals surface area contributed by atoms with Crippen LogP contribution in [0.4, 0.5) is 0 Å². The van der Waals surface area contributed by atoms with Crippen molar-refractivity contribution < 1.29 is 13.2 Å². The molecule has 0 amide bonds. The van der Waals surface area contributed by atoms with Gasteiger partial charge in [0.25, 0.3) is 0 Å². The Bertz CT molecular complexity index is 467. The molecule has 0 atom stereocenters. The lowest BCUT2D eigenvalue weighted by Gasteiger charge is -2.38. The molecular formula is C11H16N2O3S. The van der Waals surface area contributed by atoms with Crippen molar-refractivity contribution >= 4 is 10.0 Å². The van der Waals surface area contributed by atoms with Crippen LogP contribution in [0.15, 0.2) is 29.4 Å². The molecular weight excluding hydrogens is 240 g/mol. The maximum atomic E-state index is 12.1. The highest BCUT2D eigenvalue weighted by atomic mass is 32.2. The zero-order valence-electron chi connectivity index (χ0n) is 9.91. The molecule has 6 heteroatoms. The van der Waals surface area contributed by atoms with E-state index < -0.39 is 10.0 Å². The van der Waals surface area contributed by atoms with E-state index in [1.165, 1.54) is 10.5 Å². The first-order valence-corrected chi connectivity index (χ1v) is 7.00. The number of ether oxygens (including phenoxy) is 1. The number of hydrogen-bond donors (Lipinski definition) is 0. The van der Waals surface area contributed by atoms with Crippen molar-refractivity contribution in [2.24, 2.45) is 0 Å². The highest BCUT2D eigenvalue weighted by molar-refractivity contribution is 7.89. The number of pyridine rings is 1. The fraction of sp³-hybridized carbons (Fsp3) is 0.545. The van der Waals surface area contributed by atoms with E-state index in [9.17, 15) is 8.42 Å². The number of hydrogen-bond acceptors (Lipinski definition) is 4. The minimum Gasteiger partial charge on any atom is -0.373 e. The standard InChI is InChI=1S/C11H16N2O3S/c1-9(2)16-10-7-13(8-10)17(14,15)11-4-3-5-12-6-11/h3-6,9-10H,7-8H2,1-2H3. The molecule has 17 heavy (non-hydrogen) atoms. The number of sulfonamides is 1. The van der Waals surface area contributed by atoms with Crippen LogP contribution in [0.3, 0.4) is 0 Å². The third-order valence-electron chi connectivity index (χ3n) is 2.55. The summed E-state index contributed by atoms with van der Waals surface area (Å²) in [4.78, 5) is 4.06. The SMILES string of the molecule is CC(C)OC1CN(S(=O)(=O)c2cccnc2)C1. The largest absolute Gasteiger partial charge is 0.373 e. The summed E-state index contributed by atoms with van der Waals surface area (Å²) >= 11 is 0. The molecule has 94 valence electrons. The highest BCUT2D eigenvalue weighted by Gasteiger charge is 2.37. The van der Waals surface area contributed by atoms with Crippen molar-refractivity contribution in [1.29, 1.82) is 0 Å². The Balaban J connectivity index is 2.01. The molecule has 0 aliphatic carbocycles. The smallest absolute Gasteiger partial charge is 0.244 e. The van der Waals surface area contributed by atoms with Crippen LogP contribution in [0.5, 0.6) is 0 Å². The topological polar surface area (TPSA) is 59.5 Å². The van der Waals surface area contributed by atoms with Crippen LogP contribution >= 0.6 is 0 Å². The molecule has 2 heterocycles.